The Morgan fingerprint density at radius 2 is 0.750 bits per heavy atom. The van der Waals surface area contributed by atoms with Crippen LogP contribution in [0.15, 0.2) is 103 Å². The predicted molar refractivity (Wildman–Crippen MR) is 123 cm³/mol. The maximum absolute atomic E-state index is 13.5. The zero-order chi connectivity index (χ0) is 21.7. The largest absolute Gasteiger partial charge is 1.00 e. The van der Waals surface area contributed by atoms with E-state index in [0.717, 1.165) is 35.2 Å². The summed E-state index contributed by atoms with van der Waals surface area (Å²) in [6, 6.07) is 30.3. The molecule has 0 atom stereocenters. The standard InChI is InChI=1S/C27H23F3P.BrH/c28-24-12-6-21(7-13-24)18-31(27-4-2-1-3-5-27,19-22-8-14-25(29)15-9-22)20-23-10-16-26(30)17-11-23;/h1-17H,18-20H2;1H/q+1;/p-1. The fourth-order valence-corrected chi connectivity index (χ4v) is 8.42. The molecule has 0 unspecified atom stereocenters. The number of hydrogen-bond donors (Lipinski definition) is 0. The van der Waals surface area contributed by atoms with E-state index in [1.54, 1.807) is 0 Å². The lowest BCUT2D eigenvalue weighted by Crippen LogP contribution is -3.00. The minimum absolute atomic E-state index is 0. The third kappa shape index (κ3) is 6.09. The van der Waals surface area contributed by atoms with E-state index in [2.05, 4.69) is 12.1 Å². The van der Waals surface area contributed by atoms with Crippen molar-refractivity contribution in [3.05, 3.63) is 137 Å². The number of hydrogen-bond acceptors (Lipinski definition) is 0. The summed E-state index contributed by atoms with van der Waals surface area (Å²) in [4.78, 5) is 0. The van der Waals surface area contributed by atoms with E-state index in [9.17, 15) is 13.2 Å². The Labute approximate surface area is 198 Å². The number of benzene rings is 4. The van der Waals surface area contributed by atoms with Crippen LogP contribution in [-0.4, -0.2) is 0 Å². The summed E-state index contributed by atoms with van der Waals surface area (Å²) in [6.45, 7) is 0. The van der Waals surface area contributed by atoms with Crippen LogP contribution in [0.5, 0.6) is 0 Å². The predicted octanol–water partition coefficient (Wildman–Crippen LogP) is 4.35. The molecule has 0 aliphatic carbocycles. The Hall–Kier alpha value is -2.42. The Bertz CT molecular complexity index is 997. The minimum atomic E-state index is -1.93. The summed E-state index contributed by atoms with van der Waals surface area (Å²) in [6.07, 6.45) is 2.31. The normalized spacial score (nSPS) is 11.1. The van der Waals surface area contributed by atoms with Gasteiger partial charge >= 0.3 is 0 Å². The van der Waals surface area contributed by atoms with Crippen molar-refractivity contribution in [2.24, 2.45) is 0 Å². The second kappa shape index (κ2) is 10.9. The molecule has 0 radical (unpaired) electrons. The Morgan fingerprint density at radius 1 is 0.438 bits per heavy atom. The first kappa shape index (κ1) is 24.2. The maximum Gasteiger partial charge on any atom is 0.123 e. The van der Waals surface area contributed by atoms with E-state index in [1.165, 1.54) is 41.7 Å². The van der Waals surface area contributed by atoms with Crippen LogP contribution in [0.2, 0.25) is 0 Å². The van der Waals surface area contributed by atoms with Gasteiger partial charge in [0.15, 0.2) is 0 Å². The second-order valence-corrected chi connectivity index (χ2v) is 11.6. The van der Waals surface area contributed by atoms with Gasteiger partial charge in [-0.3, -0.25) is 0 Å². The number of rotatable bonds is 7. The molecule has 0 aromatic heterocycles. The van der Waals surface area contributed by atoms with Gasteiger partial charge in [0.1, 0.15) is 17.5 Å². The molecular weight excluding hydrogens is 492 g/mol. The van der Waals surface area contributed by atoms with Gasteiger partial charge in [-0.15, -0.1) is 0 Å². The molecule has 0 N–H and O–H groups in total. The van der Waals surface area contributed by atoms with Crippen molar-refractivity contribution in [1.82, 2.24) is 0 Å². The lowest BCUT2D eigenvalue weighted by atomic mass is 10.2. The first-order valence-electron chi connectivity index (χ1n) is 10.2. The van der Waals surface area contributed by atoms with Crippen LogP contribution in [0.3, 0.4) is 0 Å². The fourth-order valence-electron chi connectivity index (χ4n) is 4.00. The minimum Gasteiger partial charge on any atom is -1.00 e. The third-order valence-electron chi connectivity index (χ3n) is 5.50. The lowest BCUT2D eigenvalue weighted by molar-refractivity contribution is -0.00000812. The van der Waals surface area contributed by atoms with Gasteiger partial charge in [-0.1, -0.05) is 54.6 Å². The highest BCUT2D eigenvalue weighted by atomic mass is 79.9. The molecular formula is C27H23BrF3P. The van der Waals surface area contributed by atoms with Gasteiger partial charge in [0.05, 0.1) is 31.1 Å². The highest BCUT2D eigenvalue weighted by Crippen LogP contribution is 2.65. The van der Waals surface area contributed by atoms with Gasteiger partial charge < -0.3 is 17.0 Å². The molecule has 0 saturated carbocycles. The highest BCUT2D eigenvalue weighted by Gasteiger charge is 2.41. The second-order valence-electron chi connectivity index (χ2n) is 7.83. The average Bonchev–Trinajstić information content (AvgIpc) is 2.79. The molecule has 0 nitrogen and oxygen atoms in total. The van der Waals surface area contributed by atoms with Crippen molar-refractivity contribution in [3.63, 3.8) is 0 Å². The van der Waals surface area contributed by atoms with Crippen molar-refractivity contribution < 1.29 is 30.2 Å². The van der Waals surface area contributed by atoms with Gasteiger partial charge in [0.25, 0.3) is 0 Å². The maximum atomic E-state index is 13.5. The molecule has 32 heavy (non-hydrogen) atoms. The summed E-state index contributed by atoms with van der Waals surface area (Å²) in [5, 5.41) is 1.24. The zero-order valence-electron chi connectivity index (χ0n) is 17.4. The monoisotopic (exact) mass is 514 g/mol. The summed E-state index contributed by atoms with van der Waals surface area (Å²) in [7, 11) is -1.93. The van der Waals surface area contributed by atoms with Crippen molar-refractivity contribution in [2.45, 2.75) is 18.5 Å². The molecule has 0 bridgehead atoms. The van der Waals surface area contributed by atoms with Gasteiger partial charge in [0, 0.05) is 0 Å². The highest BCUT2D eigenvalue weighted by molar-refractivity contribution is 7.80. The van der Waals surface area contributed by atoms with Gasteiger partial charge in [-0.05, 0) is 65.2 Å². The van der Waals surface area contributed by atoms with E-state index in [4.69, 9.17) is 0 Å². The summed E-state index contributed by atoms with van der Waals surface area (Å²) >= 11 is 0. The van der Waals surface area contributed by atoms with Crippen molar-refractivity contribution in [1.29, 1.82) is 0 Å². The molecule has 0 spiro atoms. The van der Waals surface area contributed by atoms with Crippen LogP contribution in [0, 0.1) is 17.5 Å². The van der Waals surface area contributed by atoms with Crippen LogP contribution in [-0.2, 0) is 18.5 Å². The Balaban J connectivity index is 0.00000289. The van der Waals surface area contributed by atoms with Crippen LogP contribution in [0.1, 0.15) is 16.7 Å². The smallest absolute Gasteiger partial charge is 0.123 e. The van der Waals surface area contributed by atoms with Crippen molar-refractivity contribution in [2.75, 3.05) is 0 Å². The molecule has 0 heterocycles. The quantitative estimate of drug-likeness (QED) is 0.321. The van der Waals surface area contributed by atoms with Crippen LogP contribution < -0.4 is 22.3 Å². The van der Waals surface area contributed by atoms with Crippen LogP contribution in [0.4, 0.5) is 13.2 Å². The van der Waals surface area contributed by atoms with E-state index >= 15 is 0 Å². The molecule has 0 fully saturated rings. The zero-order valence-corrected chi connectivity index (χ0v) is 19.9. The molecule has 0 saturated heterocycles. The van der Waals surface area contributed by atoms with E-state index in [-0.39, 0.29) is 34.4 Å². The molecule has 0 aliphatic rings. The molecule has 4 aromatic carbocycles. The molecule has 4 rings (SSSR count). The molecule has 0 aliphatic heterocycles. The van der Waals surface area contributed by atoms with E-state index in [1.807, 2.05) is 54.6 Å². The summed E-state index contributed by atoms with van der Waals surface area (Å²) in [5.74, 6) is -0.779. The fraction of sp³-hybridized carbons (Fsp3) is 0.111. The molecule has 164 valence electrons. The van der Waals surface area contributed by atoms with Crippen molar-refractivity contribution in [3.8, 4) is 0 Å². The third-order valence-corrected chi connectivity index (χ3v) is 9.80. The lowest BCUT2D eigenvalue weighted by Gasteiger charge is -2.28. The van der Waals surface area contributed by atoms with Crippen LogP contribution in [0.25, 0.3) is 0 Å². The van der Waals surface area contributed by atoms with Gasteiger partial charge in [-0.2, -0.15) is 0 Å². The average molecular weight is 515 g/mol. The summed E-state index contributed by atoms with van der Waals surface area (Å²) < 4.78 is 40.6. The van der Waals surface area contributed by atoms with E-state index < -0.39 is 7.26 Å². The Morgan fingerprint density at radius 3 is 1.06 bits per heavy atom. The van der Waals surface area contributed by atoms with Gasteiger partial charge in [-0.25, -0.2) is 13.2 Å². The molecule has 4 aromatic rings. The molecule has 0 amide bonds. The van der Waals surface area contributed by atoms with Crippen LogP contribution >= 0.6 is 7.26 Å². The van der Waals surface area contributed by atoms with E-state index in [0.29, 0.717) is 0 Å². The summed E-state index contributed by atoms with van der Waals surface area (Å²) in [5.41, 5.74) is 3.17. The van der Waals surface area contributed by atoms with Gasteiger partial charge in [0.2, 0.25) is 0 Å². The first-order valence-corrected chi connectivity index (χ1v) is 12.5. The van der Waals surface area contributed by atoms with Crippen molar-refractivity contribution >= 4 is 12.6 Å². The first-order chi connectivity index (χ1) is 15.0. The SMILES string of the molecule is Fc1ccc(C[P+](Cc2ccc(F)cc2)(Cc2ccc(F)cc2)c2ccccc2)cc1.[Br-]. The topological polar surface area (TPSA) is 0 Å². The Kier molecular flexibility index (Phi) is 8.28. The number of halogens is 4. The molecule has 5 heteroatoms.